The highest BCUT2D eigenvalue weighted by atomic mass is 79.9. The highest BCUT2D eigenvalue weighted by Gasteiger charge is 2.08. The number of nitrogens with two attached hydrogens (primary N) is 1. The van der Waals surface area contributed by atoms with E-state index in [1.54, 1.807) is 6.07 Å². The average molecular weight is 337 g/mol. The van der Waals surface area contributed by atoms with Crippen molar-refractivity contribution in [3.05, 3.63) is 58.3 Å². The summed E-state index contributed by atoms with van der Waals surface area (Å²) >= 11 is 3.57. The summed E-state index contributed by atoms with van der Waals surface area (Å²) in [5.74, 6) is -0.234. The first-order valence-electron chi connectivity index (χ1n) is 6.50. The Bertz CT molecular complexity index is 599. The van der Waals surface area contributed by atoms with Crippen molar-refractivity contribution in [1.29, 1.82) is 0 Å². The Morgan fingerprint density at radius 3 is 2.50 bits per heavy atom. The SMILES string of the molecule is CC(N)Cc1ccc(N(C)c2cccc(F)c2)cc1Br. The van der Waals surface area contributed by atoms with Crippen molar-refractivity contribution in [3.8, 4) is 0 Å². The number of hydrogen-bond acceptors (Lipinski definition) is 2. The normalized spacial score (nSPS) is 12.2. The summed E-state index contributed by atoms with van der Waals surface area (Å²) in [6.45, 7) is 1.99. The molecule has 20 heavy (non-hydrogen) atoms. The van der Waals surface area contributed by atoms with Crippen molar-refractivity contribution >= 4 is 27.3 Å². The van der Waals surface area contributed by atoms with Gasteiger partial charge < -0.3 is 10.6 Å². The molecule has 0 saturated heterocycles. The van der Waals surface area contributed by atoms with E-state index in [2.05, 4.69) is 22.0 Å². The fraction of sp³-hybridized carbons (Fsp3) is 0.250. The van der Waals surface area contributed by atoms with Gasteiger partial charge in [-0.25, -0.2) is 4.39 Å². The molecule has 2 rings (SSSR count). The van der Waals surface area contributed by atoms with Gasteiger partial charge in [-0.15, -0.1) is 0 Å². The molecule has 0 saturated carbocycles. The van der Waals surface area contributed by atoms with Gasteiger partial charge >= 0.3 is 0 Å². The second-order valence-electron chi connectivity index (χ2n) is 5.00. The molecule has 2 aromatic rings. The summed E-state index contributed by atoms with van der Waals surface area (Å²) < 4.78 is 14.3. The molecular formula is C16H18BrFN2. The Balaban J connectivity index is 2.27. The zero-order valence-electron chi connectivity index (χ0n) is 11.6. The molecule has 0 aliphatic heterocycles. The lowest BCUT2D eigenvalue weighted by molar-refractivity contribution is 0.628. The quantitative estimate of drug-likeness (QED) is 0.904. The van der Waals surface area contributed by atoms with Crippen LogP contribution < -0.4 is 10.6 Å². The third-order valence-corrected chi connectivity index (χ3v) is 3.90. The summed E-state index contributed by atoms with van der Waals surface area (Å²) in [5, 5.41) is 0. The molecule has 0 heterocycles. The highest BCUT2D eigenvalue weighted by molar-refractivity contribution is 9.10. The van der Waals surface area contributed by atoms with E-state index in [4.69, 9.17) is 5.73 Å². The fourth-order valence-corrected chi connectivity index (χ4v) is 2.62. The van der Waals surface area contributed by atoms with Crippen molar-refractivity contribution in [1.82, 2.24) is 0 Å². The standard InChI is InChI=1S/C16H18BrFN2/c1-11(19)8-12-6-7-15(10-16(12)17)20(2)14-5-3-4-13(18)9-14/h3-7,9-11H,8,19H2,1-2H3. The molecular weight excluding hydrogens is 319 g/mol. The lowest BCUT2D eigenvalue weighted by atomic mass is 10.1. The minimum atomic E-state index is -0.234. The number of hydrogen-bond donors (Lipinski definition) is 1. The first-order valence-corrected chi connectivity index (χ1v) is 7.30. The molecule has 0 aliphatic carbocycles. The zero-order valence-corrected chi connectivity index (χ0v) is 13.2. The summed E-state index contributed by atoms with van der Waals surface area (Å²) in [5.41, 5.74) is 8.82. The molecule has 0 spiro atoms. The van der Waals surface area contributed by atoms with Crippen LogP contribution in [-0.4, -0.2) is 13.1 Å². The number of rotatable bonds is 4. The van der Waals surface area contributed by atoms with Crippen molar-refractivity contribution in [2.24, 2.45) is 5.73 Å². The third kappa shape index (κ3) is 3.58. The van der Waals surface area contributed by atoms with Crippen LogP contribution in [0.2, 0.25) is 0 Å². The van der Waals surface area contributed by atoms with Gasteiger partial charge in [0.05, 0.1) is 0 Å². The van der Waals surface area contributed by atoms with E-state index in [1.165, 1.54) is 17.7 Å². The minimum absolute atomic E-state index is 0.123. The van der Waals surface area contributed by atoms with Gasteiger partial charge in [-0.3, -0.25) is 0 Å². The van der Waals surface area contributed by atoms with Crippen LogP contribution in [0, 0.1) is 5.82 Å². The second-order valence-corrected chi connectivity index (χ2v) is 5.85. The van der Waals surface area contributed by atoms with Gasteiger partial charge in [-0.1, -0.05) is 28.1 Å². The summed E-state index contributed by atoms with van der Waals surface area (Å²) in [4.78, 5) is 1.95. The van der Waals surface area contributed by atoms with Crippen LogP contribution in [0.15, 0.2) is 46.9 Å². The fourth-order valence-electron chi connectivity index (χ4n) is 2.09. The largest absolute Gasteiger partial charge is 0.345 e. The van der Waals surface area contributed by atoms with E-state index in [0.29, 0.717) is 0 Å². The molecule has 2 aromatic carbocycles. The van der Waals surface area contributed by atoms with Crippen LogP contribution in [0.25, 0.3) is 0 Å². The minimum Gasteiger partial charge on any atom is -0.345 e. The van der Waals surface area contributed by atoms with Crippen LogP contribution >= 0.6 is 15.9 Å². The molecule has 0 amide bonds. The van der Waals surface area contributed by atoms with E-state index < -0.39 is 0 Å². The number of nitrogens with zero attached hydrogens (tertiary/aromatic N) is 1. The van der Waals surface area contributed by atoms with E-state index in [1.807, 2.05) is 37.1 Å². The van der Waals surface area contributed by atoms with Gasteiger partial charge in [0.15, 0.2) is 0 Å². The predicted octanol–water partition coefficient (Wildman–Crippen LogP) is 4.25. The number of benzene rings is 2. The van der Waals surface area contributed by atoms with Crippen molar-refractivity contribution in [2.45, 2.75) is 19.4 Å². The van der Waals surface area contributed by atoms with Gasteiger partial charge in [0.1, 0.15) is 5.82 Å². The Morgan fingerprint density at radius 2 is 1.90 bits per heavy atom. The number of anilines is 2. The molecule has 2 nitrogen and oxygen atoms in total. The van der Waals surface area contributed by atoms with Crippen LogP contribution in [-0.2, 0) is 6.42 Å². The second kappa shape index (κ2) is 6.37. The van der Waals surface area contributed by atoms with Gasteiger partial charge in [0, 0.05) is 28.9 Å². The van der Waals surface area contributed by atoms with E-state index in [9.17, 15) is 4.39 Å². The Morgan fingerprint density at radius 1 is 1.20 bits per heavy atom. The van der Waals surface area contributed by atoms with E-state index in [-0.39, 0.29) is 11.9 Å². The monoisotopic (exact) mass is 336 g/mol. The van der Waals surface area contributed by atoms with Crippen molar-refractivity contribution in [2.75, 3.05) is 11.9 Å². The maximum atomic E-state index is 13.3. The molecule has 0 fully saturated rings. The molecule has 106 valence electrons. The molecule has 2 N–H and O–H groups in total. The van der Waals surface area contributed by atoms with Crippen LogP contribution in [0.5, 0.6) is 0 Å². The molecule has 0 bridgehead atoms. The van der Waals surface area contributed by atoms with Crippen LogP contribution in [0.4, 0.5) is 15.8 Å². The third-order valence-electron chi connectivity index (χ3n) is 3.16. The van der Waals surface area contributed by atoms with Crippen LogP contribution in [0.1, 0.15) is 12.5 Å². The molecule has 0 aromatic heterocycles. The topological polar surface area (TPSA) is 29.3 Å². The molecule has 1 unspecified atom stereocenters. The molecule has 1 atom stereocenters. The maximum Gasteiger partial charge on any atom is 0.125 e. The summed E-state index contributed by atoms with van der Waals surface area (Å²) in [6.07, 6.45) is 0.824. The highest BCUT2D eigenvalue weighted by Crippen LogP contribution is 2.29. The van der Waals surface area contributed by atoms with Gasteiger partial charge in [0.2, 0.25) is 0 Å². The van der Waals surface area contributed by atoms with E-state index in [0.717, 1.165) is 22.3 Å². The Labute approximate surface area is 127 Å². The maximum absolute atomic E-state index is 13.3. The smallest absolute Gasteiger partial charge is 0.125 e. The predicted molar refractivity (Wildman–Crippen MR) is 86.0 cm³/mol. The zero-order chi connectivity index (χ0) is 14.7. The Kier molecular flexibility index (Phi) is 4.78. The number of halogens is 2. The molecule has 0 aliphatic rings. The Hall–Kier alpha value is -1.39. The van der Waals surface area contributed by atoms with Crippen LogP contribution in [0.3, 0.4) is 0 Å². The van der Waals surface area contributed by atoms with Gasteiger partial charge in [0.25, 0.3) is 0 Å². The van der Waals surface area contributed by atoms with Crippen molar-refractivity contribution in [3.63, 3.8) is 0 Å². The first-order chi connectivity index (χ1) is 9.47. The van der Waals surface area contributed by atoms with E-state index >= 15 is 0 Å². The van der Waals surface area contributed by atoms with Gasteiger partial charge in [-0.05, 0) is 49.2 Å². The molecule has 4 heteroatoms. The first kappa shape index (κ1) is 15.0. The summed E-state index contributed by atoms with van der Waals surface area (Å²) in [6, 6.07) is 12.8. The average Bonchev–Trinajstić information content (AvgIpc) is 2.40. The lowest BCUT2D eigenvalue weighted by Gasteiger charge is -2.21. The summed E-state index contributed by atoms with van der Waals surface area (Å²) in [7, 11) is 1.92. The van der Waals surface area contributed by atoms with Crippen molar-refractivity contribution < 1.29 is 4.39 Å². The van der Waals surface area contributed by atoms with Gasteiger partial charge in [-0.2, -0.15) is 0 Å². The lowest BCUT2D eigenvalue weighted by Crippen LogP contribution is -2.18. The molecule has 0 radical (unpaired) electrons.